The van der Waals surface area contributed by atoms with E-state index in [4.69, 9.17) is 12.2 Å². The van der Waals surface area contributed by atoms with Gasteiger partial charge < -0.3 is 10.2 Å². The number of halogens is 1. The maximum Gasteiger partial charge on any atom is 0.169 e. The first-order chi connectivity index (χ1) is 9.56. The Hall–Kier alpha value is -0.610. The molecule has 0 aliphatic heterocycles. The summed E-state index contributed by atoms with van der Waals surface area (Å²) in [7, 11) is 2.06. The van der Waals surface area contributed by atoms with Crippen LogP contribution in [-0.2, 0) is 6.54 Å². The van der Waals surface area contributed by atoms with Crippen LogP contribution < -0.4 is 5.32 Å². The third-order valence-electron chi connectivity index (χ3n) is 4.10. The van der Waals surface area contributed by atoms with Crippen molar-refractivity contribution in [2.45, 2.75) is 45.2 Å². The second kappa shape index (κ2) is 7.41. The molecule has 1 N–H and O–H groups in total. The van der Waals surface area contributed by atoms with Crippen LogP contribution in [0.2, 0.25) is 0 Å². The molecule has 0 bridgehead atoms. The maximum absolute atomic E-state index is 5.54. The number of nitrogens with one attached hydrogen (secondary N) is 1. The van der Waals surface area contributed by atoms with Crippen molar-refractivity contribution in [1.82, 2.24) is 10.2 Å². The molecule has 0 aromatic heterocycles. The van der Waals surface area contributed by atoms with Gasteiger partial charge in [-0.3, -0.25) is 0 Å². The molecular formula is C16H23BrN2S. The van der Waals surface area contributed by atoms with E-state index in [1.165, 1.54) is 31.2 Å². The Bertz CT molecular complexity index is 446. The smallest absolute Gasteiger partial charge is 0.169 e. The number of nitrogens with zero attached hydrogens (tertiary/aromatic N) is 1. The lowest BCUT2D eigenvalue weighted by Gasteiger charge is -2.33. The highest BCUT2D eigenvalue weighted by Gasteiger charge is 2.22. The summed E-state index contributed by atoms with van der Waals surface area (Å²) >= 11 is 9.00. The quantitative estimate of drug-likeness (QED) is 0.813. The molecule has 20 heavy (non-hydrogen) atoms. The van der Waals surface area contributed by atoms with Crippen molar-refractivity contribution >= 4 is 33.3 Å². The van der Waals surface area contributed by atoms with Crippen molar-refractivity contribution in [3.63, 3.8) is 0 Å². The molecule has 2 nitrogen and oxygen atoms in total. The van der Waals surface area contributed by atoms with Crippen molar-refractivity contribution in [3.05, 3.63) is 34.3 Å². The fourth-order valence-corrected chi connectivity index (χ4v) is 3.22. The molecule has 2 atom stereocenters. The fraction of sp³-hybridized carbons (Fsp3) is 0.562. The number of benzene rings is 1. The lowest BCUT2D eigenvalue weighted by atomic mass is 9.86. The number of hydrogen-bond donors (Lipinski definition) is 1. The van der Waals surface area contributed by atoms with Gasteiger partial charge in [0.15, 0.2) is 5.11 Å². The Morgan fingerprint density at radius 2 is 1.95 bits per heavy atom. The summed E-state index contributed by atoms with van der Waals surface area (Å²) < 4.78 is 1.11. The van der Waals surface area contributed by atoms with Gasteiger partial charge in [-0.05, 0) is 48.7 Å². The Morgan fingerprint density at radius 3 is 2.60 bits per heavy atom. The Balaban J connectivity index is 1.86. The zero-order valence-corrected chi connectivity index (χ0v) is 14.6. The van der Waals surface area contributed by atoms with Crippen LogP contribution in [0.15, 0.2) is 28.7 Å². The summed E-state index contributed by atoms with van der Waals surface area (Å²) in [6, 6.07) is 8.95. The van der Waals surface area contributed by atoms with Crippen molar-refractivity contribution in [2.75, 3.05) is 7.05 Å². The molecule has 0 radical (unpaired) electrons. The van der Waals surface area contributed by atoms with Crippen LogP contribution in [-0.4, -0.2) is 23.1 Å². The van der Waals surface area contributed by atoms with Gasteiger partial charge in [-0.25, -0.2) is 0 Å². The summed E-state index contributed by atoms with van der Waals surface area (Å²) in [6.07, 6.45) is 5.24. The molecule has 0 unspecified atom stereocenters. The van der Waals surface area contributed by atoms with Gasteiger partial charge in [0, 0.05) is 24.1 Å². The third-order valence-corrected chi connectivity index (χ3v) is 5.06. The average molecular weight is 355 g/mol. The molecule has 1 aliphatic rings. The van der Waals surface area contributed by atoms with Crippen molar-refractivity contribution in [3.8, 4) is 0 Å². The molecule has 0 amide bonds. The van der Waals surface area contributed by atoms with Crippen LogP contribution in [0.25, 0.3) is 0 Å². The van der Waals surface area contributed by atoms with Crippen molar-refractivity contribution in [2.24, 2.45) is 5.92 Å². The summed E-state index contributed by atoms with van der Waals surface area (Å²) in [5.74, 6) is 0.725. The maximum atomic E-state index is 5.54. The molecule has 1 aromatic carbocycles. The van der Waals surface area contributed by atoms with Gasteiger partial charge in [-0.2, -0.15) is 0 Å². The van der Waals surface area contributed by atoms with Crippen LogP contribution in [0.5, 0.6) is 0 Å². The van der Waals surface area contributed by atoms with E-state index >= 15 is 0 Å². The van der Waals surface area contributed by atoms with Gasteiger partial charge >= 0.3 is 0 Å². The van der Waals surface area contributed by atoms with Gasteiger partial charge in [0.25, 0.3) is 0 Å². The van der Waals surface area contributed by atoms with Gasteiger partial charge in [-0.15, -0.1) is 0 Å². The average Bonchev–Trinajstić information content (AvgIpc) is 2.44. The van der Waals surface area contributed by atoms with E-state index in [2.05, 4.69) is 64.4 Å². The first-order valence-electron chi connectivity index (χ1n) is 7.32. The van der Waals surface area contributed by atoms with Gasteiger partial charge in [-0.1, -0.05) is 47.8 Å². The first kappa shape index (κ1) is 15.8. The molecule has 0 heterocycles. The zero-order valence-electron chi connectivity index (χ0n) is 12.2. The van der Waals surface area contributed by atoms with Gasteiger partial charge in [0.2, 0.25) is 0 Å². The molecule has 1 saturated carbocycles. The van der Waals surface area contributed by atoms with E-state index < -0.39 is 0 Å². The summed E-state index contributed by atoms with van der Waals surface area (Å²) in [5, 5.41) is 4.42. The van der Waals surface area contributed by atoms with Crippen LogP contribution in [0.4, 0.5) is 0 Å². The third kappa shape index (κ3) is 4.45. The molecule has 0 spiro atoms. The Labute approximate surface area is 136 Å². The highest BCUT2D eigenvalue weighted by atomic mass is 79.9. The van der Waals surface area contributed by atoms with E-state index in [9.17, 15) is 0 Å². The van der Waals surface area contributed by atoms with E-state index in [0.717, 1.165) is 22.0 Å². The highest BCUT2D eigenvalue weighted by Crippen LogP contribution is 2.24. The lowest BCUT2D eigenvalue weighted by Crippen LogP contribution is -2.46. The molecule has 1 aromatic rings. The van der Waals surface area contributed by atoms with Crippen LogP contribution >= 0.6 is 28.1 Å². The minimum absolute atomic E-state index is 0.545. The van der Waals surface area contributed by atoms with Gasteiger partial charge in [0.1, 0.15) is 0 Å². The molecule has 0 saturated heterocycles. The standard InChI is InChI=1S/C16H23BrN2S/c1-12-5-3-4-6-15(12)18-16(20)19(2)11-13-7-9-14(17)10-8-13/h7-10,12,15H,3-6,11H2,1-2H3,(H,18,20)/t12-,15+/m1/s1. The second-order valence-electron chi connectivity index (χ2n) is 5.80. The SMILES string of the molecule is C[C@@H]1CCCC[C@@H]1NC(=S)N(C)Cc1ccc(Br)cc1. The van der Waals surface area contributed by atoms with Crippen molar-refractivity contribution < 1.29 is 0 Å². The largest absolute Gasteiger partial charge is 0.360 e. The van der Waals surface area contributed by atoms with E-state index in [0.29, 0.717) is 6.04 Å². The first-order valence-corrected chi connectivity index (χ1v) is 8.52. The topological polar surface area (TPSA) is 15.3 Å². The summed E-state index contributed by atoms with van der Waals surface area (Å²) in [5.41, 5.74) is 1.27. The molecule has 2 rings (SSSR count). The van der Waals surface area contributed by atoms with E-state index in [-0.39, 0.29) is 0 Å². The highest BCUT2D eigenvalue weighted by molar-refractivity contribution is 9.10. The van der Waals surface area contributed by atoms with Crippen LogP contribution in [0, 0.1) is 5.92 Å². The molecule has 110 valence electrons. The Kier molecular flexibility index (Phi) is 5.85. The monoisotopic (exact) mass is 354 g/mol. The predicted molar refractivity (Wildman–Crippen MR) is 92.8 cm³/mol. The van der Waals surface area contributed by atoms with Crippen LogP contribution in [0.3, 0.4) is 0 Å². The number of hydrogen-bond acceptors (Lipinski definition) is 1. The van der Waals surface area contributed by atoms with Gasteiger partial charge in [0.05, 0.1) is 0 Å². The number of rotatable bonds is 3. The van der Waals surface area contributed by atoms with E-state index in [1.54, 1.807) is 0 Å². The lowest BCUT2D eigenvalue weighted by molar-refractivity contribution is 0.300. The molecule has 1 fully saturated rings. The minimum atomic E-state index is 0.545. The molecular weight excluding hydrogens is 332 g/mol. The normalized spacial score (nSPS) is 22.4. The molecule has 1 aliphatic carbocycles. The summed E-state index contributed by atoms with van der Waals surface area (Å²) in [4.78, 5) is 2.12. The fourth-order valence-electron chi connectivity index (χ4n) is 2.73. The van der Waals surface area contributed by atoms with E-state index in [1.807, 2.05) is 0 Å². The second-order valence-corrected chi connectivity index (χ2v) is 7.10. The molecule has 4 heteroatoms. The Morgan fingerprint density at radius 1 is 1.30 bits per heavy atom. The predicted octanol–water partition coefficient (Wildman–Crippen LogP) is 4.33. The minimum Gasteiger partial charge on any atom is -0.360 e. The van der Waals surface area contributed by atoms with Crippen LogP contribution in [0.1, 0.15) is 38.2 Å². The number of thiocarbonyl (C=S) groups is 1. The van der Waals surface area contributed by atoms with Crippen molar-refractivity contribution in [1.29, 1.82) is 0 Å². The summed E-state index contributed by atoms with van der Waals surface area (Å²) in [6.45, 7) is 3.17. The zero-order chi connectivity index (χ0) is 14.5.